The van der Waals surface area contributed by atoms with Gasteiger partial charge in [-0.15, -0.1) is 0 Å². The molecule has 24 heavy (non-hydrogen) atoms. The van der Waals surface area contributed by atoms with Gasteiger partial charge in [0, 0.05) is 17.3 Å². The quantitative estimate of drug-likeness (QED) is 0.580. The zero-order valence-electron chi connectivity index (χ0n) is 18.3. The van der Waals surface area contributed by atoms with Gasteiger partial charge in [0.15, 0.2) is 0 Å². The molecule has 0 bridgehead atoms. The number of hydrogen-bond donors (Lipinski definition) is 0. The van der Waals surface area contributed by atoms with Crippen LogP contribution in [0, 0.1) is 5.92 Å². The Labute approximate surface area is 151 Å². The largest absolute Gasteiger partial charge is 0.363 e. The molecule has 0 amide bonds. The molecule has 1 atom stereocenters. The predicted octanol–water partition coefficient (Wildman–Crippen LogP) is 6.93. The van der Waals surface area contributed by atoms with Gasteiger partial charge in [-0.2, -0.15) is 0 Å². The van der Waals surface area contributed by atoms with Crippen LogP contribution in [0.25, 0.3) is 0 Å². The first-order chi connectivity index (χ1) is 10.6. The van der Waals surface area contributed by atoms with E-state index in [4.69, 9.17) is 0 Å². The van der Waals surface area contributed by atoms with E-state index >= 15 is 0 Å². The Balaban J connectivity index is 3.66. The molecule has 1 aromatic rings. The third kappa shape index (κ3) is 4.77. The van der Waals surface area contributed by atoms with Gasteiger partial charge in [0.2, 0.25) is 0 Å². The maximum atomic E-state index is 2.63. The normalized spacial score (nSPS) is 14.9. The topological polar surface area (TPSA) is 3.24 Å². The van der Waals surface area contributed by atoms with Gasteiger partial charge in [-0.25, -0.2) is 0 Å². The lowest BCUT2D eigenvalue weighted by Gasteiger charge is -2.46. The Morgan fingerprint density at radius 3 is 1.58 bits per heavy atom. The van der Waals surface area contributed by atoms with E-state index in [0.717, 1.165) is 0 Å². The number of anilines is 1. The summed E-state index contributed by atoms with van der Waals surface area (Å²) in [5.74, 6) is 0.610. The average Bonchev–Trinajstić information content (AvgIpc) is 2.34. The number of benzene rings is 1. The molecule has 0 fully saturated rings. The number of hydrogen-bond acceptors (Lipinski definition) is 1. The molecule has 0 heterocycles. The fourth-order valence-corrected chi connectivity index (χ4v) is 3.30. The Hall–Kier alpha value is -0.980. The van der Waals surface area contributed by atoms with Crippen LogP contribution in [-0.2, 0) is 10.8 Å². The van der Waals surface area contributed by atoms with E-state index in [1.165, 1.54) is 16.8 Å². The van der Waals surface area contributed by atoms with Gasteiger partial charge in [0.1, 0.15) is 0 Å². The highest BCUT2D eigenvalue weighted by Gasteiger charge is 2.33. The van der Waals surface area contributed by atoms with Crippen molar-refractivity contribution in [3.63, 3.8) is 0 Å². The Kier molecular flexibility index (Phi) is 5.91. The van der Waals surface area contributed by atoms with Crippen molar-refractivity contribution in [3.05, 3.63) is 29.3 Å². The van der Waals surface area contributed by atoms with Gasteiger partial charge < -0.3 is 4.90 Å². The van der Waals surface area contributed by atoms with Gasteiger partial charge in [0.25, 0.3) is 0 Å². The minimum atomic E-state index is 0.0902. The highest BCUT2D eigenvalue weighted by atomic mass is 15.2. The highest BCUT2D eigenvalue weighted by Crippen LogP contribution is 2.40. The summed E-state index contributed by atoms with van der Waals surface area (Å²) < 4.78 is 0. The summed E-state index contributed by atoms with van der Waals surface area (Å²) in [5, 5.41) is 0. The van der Waals surface area contributed by atoms with Crippen LogP contribution in [-0.4, -0.2) is 11.6 Å². The van der Waals surface area contributed by atoms with E-state index in [1.54, 1.807) is 0 Å². The molecule has 138 valence electrons. The van der Waals surface area contributed by atoms with Gasteiger partial charge in [-0.1, -0.05) is 67.5 Å². The maximum Gasteiger partial charge on any atom is 0.0411 e. The molecule has 1 heteroatoms. The lowest BCUT2D eigenvalue weighted by Crippen LogP contribution is -2.50. The van der Waals surface area contributed by atoms with E-state index in [9.17, 15) is 0 Å². The number of nitrogens with zero attached hydrogens (tertiary/aromatic N) is 1. The fourth-order valence-electron chi connectivity index (χ4n) is 3.30. The second-order valence-corrected chi connectivity index (χ2v) is 10.8. The molecule has 0 aliphatic heterocycles. The van der Waals surface area contributed by atoms with E-state index in [0.29, 0.717) is 12.0 Å². The van der Waals surface area contributed by atoms with Gasteiger partial charge >= 0.3 is 0 Å². The molecule has 0 aromatic heterocycles. The molecular weight excluding hydrogens is 290 g/mol. The van der Waals surface area contributed by atoms with Crippen molar-refractivity contribution < 1.29 is 0 Å². The third-order valence-electron chi connectivity index (χ3n) is 5.02. The molecule has 1 unspecified atom stereocenters. The monoisotopic (exact) mass is 331 g/mol. The minimum Gasteiger partial charge on any atom is -0.363 e. The summed E-state index contributed by atoms with van der Waals surface area (Å²) >= 11 is 0. The minimum absolute atomic E-state index is 0.0902. The van der Waals surface area contributed by atoms with Crippen molar-refractivity contribution in [3.8, 4) is 0 Å². The zero-order chi connectivity index (χ0) is 19.1. The number of rotatable bonds is 3. The van der Waals surface area contributed by atoms with Crippen molar-refractivity contribution >= 4 is 5.69 Å². The van der Waals surface area contributed by atoms with E-state index < -0.39 is 0 Å². The van der Waals surface area contributed by atoms with Crippen LogP contribution in [0.3, 0.4) is 0 Å². The van der Waals surface area contributed by atoms with Crippen LogP contribution in [0.1, 0.15) is 94.2 Å². The second-order valence-electron chi connectivity index (χ2n) is 10.8. The van der Waals surface area contributed by atoms with Crippen molar-refractivity contribution in [2.45, 2.75) is 105 Å². The van der Waals surface area contributed by atoms with Crippen molar-refractivity contribution in [1.29, 1.82) is 0 Å². The molecule has 0 aliphatic rings. The molecular formula is C23H41N. The molecule has 0 N–H and O–H groups in total. The summed E-state index contributed by atoms with van der Waals surface area (Å²) in [7, 11) is 0. The SMILES string of the molecule is CC(C)C(C)N(c1ccc(C(C)(C)C)cc1C(C)(C)C)C(C)(C)C. The summed E-state index contributed by atoms with van der Waals surface area (Å²) in [6.45, 7) is 27.9. The molecule has 0 aliphatic carbocycles. The standard InChI is InChI=1S/C23H41N/c1-16(2)17(3)24(23(10,11)12)20-14-13-18(21(4,5)6)15-19(20)22(7,8)9/h13-17H,1-12H3. The molecule has 1 nitrogen and oxygen atoms in total. The van der Waals surface area contributed by atoms with Gasteiger partial charge in [-0.3, -0.25) is 0 Å². The summed E-state index contributed by atoms with van der Waals surface area (Å²) in [5.41, 5.74) is 4.65. The Bertz CT molecular complexity index is 547. The lowest BCUT2D eigenvalue weighted by atomic mass is 9.79. The Morgan fingerprint density at radius 2 is 1.25 bits per heavy atom. The van der Waals surface area contributed by atoms with Gasteiger partial charge in [0.05, 0.1) is 0 Å². The molecule has 1 rings (SSSR count). The molecule has 0 saturated carbocycles. The van der Waals surface area contributed by atoms with Crippen LogP contribution in [0.2, 0.25) is 0 Å². The van der Waals surface area contributed by atoms with Crippen LogP contribution < -0.4 is 4.90 Å². The lowest BCUT2D eigenvalue weighted by molar-refractivity contribution is 0.385. The molecule has 0 saturated heterocycles. The first kappa shape index (κ1) is 21.1. The maximum absolute atomic E-state index is 2.63. The van der Waals surface area contributed by atoms with Crippen LogP contribution >= 0.6 is 0 Å². The van der Waals surface area contributed by atoms with Crippen molar-refractivity contribution in [2.75, 3.05) is 4.90 Å². The van der Waals surface area contributed by atoms with Crippen LogP contribution in [0.15, 0.2) is 18.2 Å². The van der Waals surface area contributed by atoms with Gasteiger partial charge in [-0.05, 0) is 61.6 Å². The van der Waals surface area contributed by atoms with Crippen LogP contribution in [0.5, 0.6) is 0 Å². The molecule has 0 spiro atoms. The average molecular weight is 332 g/mol. The first-order valence-electron chi connectivity index (χ1n) is 9.51. The third-order valence-corrected chi connectivity index (χ3v) is 5.02. The summed E-state index contributed by atoms with van der Waals surface area (Å²) in [6.07, 6.45) is 0. The van der Waals surface area contributed by atoms with E-state index in [1.807, 2.05) is 0 Å². The van der Waals surface area contributed by atoms with Crippen molar-refractivity contribution in [1.82, 2.24) is 0 Å². The van der Waals surface area contributed by atoms with E-state index in [2.05, 4.69) is 106 Å². The summed E-state index contributed by atoms with van der Waals surface area (Å²) in [4.78, 5) is 2.63. The smallest absolute Gasteiger partial charge is 0.0411 e. The second kappa shape index (κ2) is 6.73. The molecule has 0 radical (unpaired) electrons. The Morgan fingerprint density at radius 1 is 0.750 bits per heavy atom. The zero-order valence-corrected chi connectivity index (χ0v) is 18.3. The van der Waals surface area contributed by atoms with E-state index in [-0.39, 0.29) is 16.4 Å². The highest BCUT2D eigenvalue weighted by molar-refractivity contribution is 5.60. The summed E-state index contributed by atoms with van der Waals surface area (Å²) in [6, 6.07) is 7.63. The van der Waals surface area contributed by atoms with Crippen molar-refractivity contribution in [2.24, 2.45) is 5.92 Å². The van der Waals surface area contributed by atoms with Crippen LogP contribution in [0.4, 0.5) is 5.69 Å². The molecule has 1 aromatic carbocycles. The predicted molar refractivity (Wildman–Crippen MR) is 110 cm³/mol. The first-order valence-corrected chi connectivity index (χ1v) is 9.51. The fraction of sp³-hybridized carbons (Fsp3) is 0.739.